The Labute approximate surface area is 151 Å². The third-order valence-electron chi connectivity index (χ3n) is 4.20. The van der Waals surface area contributed by atoms with E-state index in [1.54, 1.807) is 67.6 Å². The van der Waals surface area contributed by atoms with Gasteiger partial charge in [0.2, 0.25) is 0 Å². The molecule has 0 bridgehead atoms. The van der Waals surface area contributed by atoms with Gasteiger partial charge in [-0.3, -0.25) is 0 Å². The molecule has 3 rings (SSSR count). The number of aliphatic hydroxyl groups excluding tert-OH is 1. The van der Waals surface area contributed by atoms with Crippen molar-refractivity contribution in [2.75, 3.05) is 0 Å². The second-order valence-corrected chi connectivity index (χ2v) is 6.09. The van der Waals surface area contributed by atoms with Crippen molar-refractivity contribution in [1.29, 1.82) is 0 Å². The molecule has 6 nitrogen and oxygen atoms in total. The molecule has 6 heteroatoms. The van der Waals surface area contributed by atoms with Crippen LogP contribution >= 0.6 is 0 Å². The Hall–Kier alpha value is -2.70. The van der Waals surface area contributed by atoms with Crippen LogP contribution in [-0.4, -0.2) is 41.6 Å². The van der Waals surface area contributed by atoms with Crippen LogP contribution < -0.4 is 0 Å². The molecule has 1 aliphatic rings. The Morgan fingerprint density at radius 3 is 1.85 bits per heavy atom. The molecule has 2 aromatic carbocycles. The quantitative estimate of drug-likeness (QED) is 0.848. The SMILES string of the molecule is CC1O[C@@H](O)[C@H](OC(=O)c2ccccc2)C[C@@H]1OC(=O)c1ccccc1. The van der Waals surface area contributed by atoms with Gasteiger partial charge in [0.15, 0.2) is 12.4 Å². The van der Waals surface area contributed by atoms with Gasteiger partial charge < -0.3 is 19.3 Å². The summed E-state index contributed by atoms with van der Waals surface area (Å²) in [6.07, 6.45) is -3.21. The fraction of sp³-hybridized carbons (Fsp3) is 0.300. The molecule has 26 heavy (non-hydrogen) atoms. The first-order valence-corrected chi connectivity index (χ1v) is 8.40. The maximum atomic E-state index is 12.2. The Bertz CT molecular complexity index is 682. The average molecular weight is 356 g/mol. The molecule has 1 fully saturated rings. The summed E-state index contributed by atoms with van der Waals surface area (Å²) >= 11 is 0. The van der Waals surface area contributed by atoms with E-state index < -0.39 is 36.5 Å². The van der Waals surface area contributed by atoms with E-state index in [9.17, 15) is 14.7 Å². The highest BCUT2D eigenvalue weighted by atomic mass is 16.7. The summed E-state index contributed by atoms with van der Waals surface area (Å²) in [4.78, 5) is 24.4. The van der Waals surface area contributed by atoms with Crippen molar-refractivity contribution in [2.45, 2.75) is 37.9 Å². The van der Waals surface area contributed by atoms with Gasteiger partial charge in [-0.25, -0.2) is 9.59 Å². The van der Waals surface area contributed by atoms with E-state index >= 15 is 0 Å². The molecule has 0 radical (unpaired) electrons. The zero-order valence-electron chi connectivity index (χ0n) is 14.3. The highest BCUT2D eigenvalue weighted by Crippen LogP contribution is 2.25. The van der Waals surface area contributed by atoms with Crippen molar-refractivity contribution >= 4 is 11.9 Å². The predicted molar refractivity (Wildman–Crippen MR) is 92.5 cm³/mol. The number of ether oxygens (including phenoxy) is 3. The summed E-state index contributed by atoms with van der Waals surface area (Å²) in [6.45, 7) is 1.70. The van der Waals surface area contributed by atoms with Gasteiger partial charge in [-0.1, -0.05) is 36.4 Å². The molecule has 0 amide bonds. The van der Waals surface area contributed by atoms with Crippen LogP contribution in [0.3, 0.4) is 0 Å². The molecule has 1 aliphatic heterocycles. The molecule has 1 saturated heterocycles. The van der Waals surface area contributed by atoms with Crippen LogP contribution in [0.4, 0.5) is 0 Å². The minimum Gasteiger partial charge on any atom is -0.456 e. The fourth-order valence-corrected chi connectivity index (χ4v) is 2.74. The molecular weight excluding hydrogens is 336 g/mol. The van der Waals surface area contributed by atoms with Gasteiger partial charge in [0.25, 0.3) is 0 Å². The van der Waals surface area contributed by atoms with Gasteiger partial charge in [-0.15, -0.1) is 0 Å². The van der Waals surface area contributed by atoms with Crippen LogP contribution in [0.15, 0.2) is 60.7 Å². The normalized spacial score (nSPS) is 25.3. The van der Waals surface area contributed by atoms with E-state index in [0.717, 1.165) is 0 Å². The summed E-state index contributed by atoms with van der Waals surface area (Å²) < 4.78 is 16.2. The predicted octanol–water partition coefficient (Wildman–Crippen LogP) is 2.56. The second-order valence-electron chi connectivity index (χ2n) is 6.09. The van der Waals surface area contributed by atoms with Crippen molar-refractivity contribution < 1.29 is 28.9 Å². The zero-order chi connectivity index (χ0) is 18.5. The van der Waals surface area contributed by atoms with Crippen LogP contribution in [0.1, 0.15) is 34.1 Å². The Kier molecular flexibility index (Phi) is 5.65. The van der Waals surface area contributed by atoms with Crippen molar-refractivity contribution in [3.63, 3.8) is 0 Å². The molecule has 2 aromatic rings. The van der Waals surface area contributed by atoms with Gasteiger partial charge in [-0.2, -0.15) is 0 Å². The zero-order valence-corrected chi connectivity index (χ0v) is 14.3. The topological polar surface area (TPSA) is 82.1 Å². The Morgan fingerprint density at radius 1 is 0.885 bits per heavy atom. The Morgan fingerprint density at radius 2 is 1.35 bits per heavy atom. The number of aliphatic hydroxyl groups is 1. The summed E-state index contributed by atoms with van der Waals surface area (Å²) in [7, 11) is 0. The van der Waals surface area contributed by atoms with Gasteiger partial charge >= 0.3 is 11.9 Å². The first kappa shape index (κ1) is 18.1. The number of hydrogen-bond donors (Lipinski definition) is 1. The number of hydrogen-bond acceptors (Lipinski definition) is 6. The number of carbonyl (C=O) groups excluding carboxylic acids is 2. The van der Waals surface area contributed by atoms with Crippen LogP contribution in [0.2, 0.25) is 0 Å². The number of rotatable bonds is 4. The molecule has 0 aromatic heterocycles. The van der Waals surface area contributed by atoms with Crippen LogP contribution in [-0.2, 0) is 14.2 Å². The van der Waals surface area contributed by atoms with Gasteiger partial charge in [0.1, 0.15) is 6.10 Å². The van der Waals surface area contributed by atoms with E-state index in [2.05, 4.69) is 0 Å². The van der Waals surface area contributed by atoms with E-state index in [0.29, 0.717) is 11.1 Å². The lowest BCUT2D eigenvalue weighted by molar-refractivity contribution is -0.240. The third kappa shape index (κ3) is 4.28. The lowest BCUT2D eigenvalue weighted by atomic mass is 10.0. The smallest absolute Gasteiger partial charge is 0.338 e. The van der Waals surface area contributed by atoms with Gasteiger partial charge in [0.05, 0.1) is 17.2 Å². The maximum Gasteiger partial charge on any atom is 0.338 e. The third-order valence-corrected chi connectivity index (χ3v) is 4.20. The average Bonchev–Trinajstić information content (AvgIpc) is 2.66. The molecule has 1 unspecified atom stereocenters. The minimum atomic E-state index is -1.27. The number of benzene rings is 2. The van der Waals surface area contributed by atoms with Crippen molar-refractivity contribution in [1.82, 2.24) is 0 Å². The highest BCUT2D eigenvalue weighted by molar-refractivity contribution is 5.90. The molecular formula is C20H20O6. The maximum absolute atomic E-state index is 12.2. The largest absolute Gasteiger partial charge is 0.456 e. The molecule has 1 N–H and O–H groups in total. The molecule has 4 atom stereocenters. The van der Waals surface area contributed by atoms with Crippen molar-refractivity contribution in [3.05, 3.63) is 71.8 Å². The first-order valence-electron chi connectivity index (χ1n) is 8.40. The van der Waals surface area contributed by atoms with E-state index in [1.165, 1.54) is 0 Å². The second kappa shape index (κ2) is 8.12. The number of carbonyl (C=O) groups is 2. The van der Waals surface area contributed by atoms with Crippen LogP contribution in [0.5, 0.6) is 0 Å². The molecule has 0 aliphatic carbocycles. The van der Waals surface area contributed by atoms with Crippen molar-refractivity contribution in [3.8, 4) is 0 Å². The summed E-state index contributed by atoms with van der Waals surface area (Å²) in [6, 6.07) is 17.1. The fourth-order valence-electron chi connectivity index (χ4n) is 2.74. The van der Waals surface area contributed by atoms with Gasteiger partial charge in [-0.05, 0) is 31.2 Å². The molecule has 136 valence electrons. The van der Waals surface area contributed by atoms with Crippen LogP contribution in [0.25, 0.3) is 0 Å². The summed E-state index contributed by atoms with van der Waals surface area (Å²) in [5, 5.41) is 10.1. The first-order chi connectivity index (χ1) is 12.5. The standard InChI is InChI=1S/C20H20O6/c1-13-16(25-18(21)14-8-4-2-5-9-14)12-17(20(23)24-13)26-19(22)15-10-6-3-7-11-15/h2-11,13,16-17,20,23H,12H2,1H3/t13?,16-,17+,20+/m0/s1. The minimum absolute atomic E-state index is 0.152. The monoisotopic (exact) mass is 356 g/mol. The van der Waals surface area contributed by atoms with Crippen LogP contribution in [0, 0.1) is 0 Å². The highest BCUT2D eigenvalue weighted by Gasteiger charge is 2.39. The van der Waals surface area contributed by atoms with E-state index in [1.807, 2.05) is 0 Å². The van der Waals surface area contributed by atoms with Crippen molar-refractivity contribution in [2.24, 2.45) is 0 Å². The lowest BCUT2D eigenvalue weighted by Crippen LogP contribution is -2.49. The lowest BCUT2D eigenvalue weighted by Gasteiger charge is -2.36. The molecule has 0 saturated carbocycles. The molecule has 0 spiro atoms. The molecule has 1 heterocycles. The van der Waals surface area contributed by atoms with E-state index in [4.69, 9.17) is 14.2 Å². The summed E-state index contributed by atoms with van der Waals surface area (Å²) in [5.74, 6) is -1.06. The number of esters is 2. The Balaban J connectivity index is 1.65. The van der Waals surface area contributed by atoms with E-state index in [-0.39, 0.29) is 6.42 Å². The van der Waals surface area contributed by atoms with Gasteiger partial charge in [0, 0.05) is 6.42 Å². The summed E-state index contributed by atoms with van der Waals surface area (Å²) in [5.41, 5.74) is 0.791.